The van der Waals surface area contributed by atoms with Gasteiger partial charge in [-0.05, 0) is 24.3 Å². The zero-order valence-electron chi connectivity index (χ0n) is 15.0. The molecule has 156 valence electrons. The van der Waals surface area contributed by atoms with Crippen LogP contribution in [-0.2, 0) is 21.8 Å². The van der Waals surface area contributed by atoms with E-state index in [-0.39, 0.29) is 11.1 Å². The van der Waals surface area contributed by atoms with Crippen molar-refractivity contribution in [3.8, 4) is 0 Å². The van der Waals surface area contributed by atoms with Crippen LogP contribution in [0.15, 0.2) is 48.5 Å². The number of hydrogen-bond acceptors (Lipinski definition) is 4. The van der Waals surface area contributed by atoms with E-state index in [4.69, 9.17) is 9.47 Å². The molecule has 0 atom stereocenters. The second-order valence-electron chi connectivity index (χ2n) is 5.83. The Morgan fingerprint density at radius 2 is 0.897 bits per heavy atom. The van der Waals surface area contributed by atoms with Gasteiger partial charge in [-0.2, -0.15) is 26.3 Å². The molecular formula is C19H14F6O4. The minimum absolute atomic E-state index is 0.318. The number of carbonyl (C=O) groups is 2. The number of ketones is 2. The van der Waals surface area contributed by atoms with Crippen molar-refractivity contribution < 1.29 is 45.4 Å². The summed E-state index contributed by atoms with van der Waals surface area (Å²) in [5.74, 6) is -4.80. The van der Waals surface area contributed by atoms with E-state index in [9.17, 15) is 35.9 Å². The van der Waals surface area contributed by atoms with Crippen molar-refractivity contribution in [1.29, 1.82) is 0 Å². The Labute approximate surface area is 161 Å². The lowest BCUT2D eigenvalue weighted by atomic mass is 9.93. The Bertz CT molecular complexity index is 807. The standard InChI is InChI=1S/C19H14F6O4/c1-28-17(29-2,15(26)11-3-7-13(8-4-11)18(20,21)22)16(27)12-5-9-14(10-6-12)19(23,24)25/h3-10H,1-2H3. The number of hydrogen-bond donors (Lipinski definition) is 0. The first-order valence-corrected chi connectivity index (χ1v) is 7.91. The van der Waals surface area contributed by atoms with E-state index in [2.05, 4.69) is 0 Å². The first-order valence-electron chi connectivity index (χ1n) is 7.91. The summed E-state index contributed by atoms with van der Waals surface area (Å²) >= 11 is 0. The van der Waals surface area contributed by atoms with Crippen LogP contribution in [0.25, 0.3) is 0 Å². The fraction of sp³-hybridized carbons (Fsp3) is 0.263. The van der Waals surface area contributed by atoms with Crippen LogP contribution in [-0.4, -0.2) is 31.6 Å². The highest BCUT2D eigenvalue weighted by atomic mass is 19.4. The van der Waals surface area contributed by atoms with Crippen LogP contribution in [0.4, 0.5) is 26.3 Å². The maximum Gasteiger partial charge on any atom is 0.416 e. The van der Waals surface area contributed by atoms with Crippen molar-refractivity contribution >= 4 is 11.6 Å². The van der Waals surface area contributed by atoms with E-state index in [0.717, 1.165) is 38.5 Å². The Morgan fingerprint density at radius 3 is 1.10 bits per heavy atom. The lowest BCUT2D eigenvalue weighted by Crippen LogP contribution is -2.50. The zero-order valence-corrected chi connectivity index (χ0v) is 15.0. The highest BCUT2D eigenvalue weighted by molar-refractivity contribution is 6.21. The largest absolute Gasteiger partial charge is 0.416 e. The van der Waals surface area contributed by atoms with Crippen LogP contribution >= 0.6 is 0 Å². The highest BCUT2D eigenvalue weighted by Gasteiger charge is 2.48. The van der Waals surface area contributed by atoms with Crippen LogP contribution in [0.3, 0.4) is 0 Å². The summed E-state index contributed by atoms with van der Waals surface area (Å²) < 4.78 is 86.0. The number of Topliss-reactive ketones (excluding diaryl/α,β-unsaturated/α-hetero) is 2. The molecule has 4 nitrogen and oxygen atoms in total. The van der Waals surface area contributed by atoms with Gasteiger partial charge in [0.25, 0.3) is 5.79 Å². The average Bonchev–Trinajstić information content (AvgIpc) is 2.68. The average molecular weight is 420 g/mol. The third kappa shape index (κ3) is 4.48. The number of carbonyl (C=O) groups excluding carboxylic acids is 2. The van der Waals surface area contributed by atoms with Crippen LogP contribution in [0.1, 0.15) is 31.8 Å². The molecule has 0 aromatic heterocycles. The Balaban J connectivity index is 2.42. The first-order chi connectivity index (χ1) is 13.4. The van der Waals surface area contributed by atoms with E-state index >= 15 is 0 Å². The van der Waals surface area contributed by atoms with Gasteiger partial charge in [0.1, 0.15) is 0 Å². The molecule has 2 aromatic rings. The summed E-state index contributed by atoms with van der Waals surface area (Å²) in [5, 5.41) is 0. The number of methoxy groups -OCH3 is 2. The second-order valence-corrected chi connectivity index (χ2v) is 5.83. The van der Waals surface area contributed by atoms with Crippen LogP contribution < -0.4 is 0 Å². The van der Waals surface area contributed by atoms with Gasteiger partial charge in [-0.15, -0.1) is 0 Å². The van der Waals surface area contributed by atoms with Gasteiger partial charge in [0, 0.05) is 25.3 Å². The smallest absolute Gasteiger partial charge is 0.341 e. The molecule has 2 rings (SSSR count). The minimum Gasteiger partial charge on any atom is -0.341 e. The molecule has 0 N–H and O–H groups in total. The van der Waals surface area contributed by atoms with Gasteiger partial charge in [0.2, 0.25) is 11.6 Å². The van der Waals surface area contributed by atoms with E-state index in [0.29, 0.717) is 24.3 Å². The maximum absolute atomic E-state index is 12.8. The predicted molar refractivity (Wildman–Crippen MR) is 88.3 cm³/mol. The summed E-state index contributed by atoms with van der Waals surface area (Å²) in [6.07, 6.45) is -9.26. The van der Waals surface area contributed by atoms with Gasteiger partial charge in [-0.3, -0.25) is 9.59 Å². The molecule has 0 aliphatic rings. The highest BCUT2D eigenvalue weighted by Crippen LogP contribution is 2.32. The van der Waals surface area contributed by atoms with Gasteiger partial charge >= 0.3 is 12.4 Å². The topological polar surface area (TPSA) is 52.6 Å². The molecule has 0 unspecified atom stereocenters. The quantitative estimate of drug-likeness (QED) is 0.292. The Morgan fingerprint density at radius 1 is 0.621 bits per heavy atom. The van der Waals surface area contributed by atoms with E-state index < -0.39 is 40.8 Å². The summed E-state index contributed by atoms with van der Waals surface area (Å²) in [6, 6.07) is 5.96. The summed E-state index contributed by atoms with van der Waals surface area (Å²) in [6.45, 7) is 0. The molecule has 0 aliphatic heterocycles. The number of alkyl halides is 6. The number of ether oxygens (including phenoxy) is 2. The van der Waals surface area contributed by atoms with Crippen molar-refractivity contribution in [3.63, 3.8) is 0 Å². The van der Waals surface area contributed by atoms with Crippen molar-refractivity contribution in [2.75, 3.05) is 14.2 Å². The maximum atomic E-state index is 12.8. The van der Waals surface area contributed by atoms with Gasteiger partial charge in [-0.1, -0.05) is 24.3 Å². The molecule has 0 spiro atoms. The second kappa shape index (κ2) is 7.96. The number of rotatable bonds is 6. The van der Waals surface area contributed by atoms with Crippen molar-refractivity contribution in [2.24, 2.45) is 0 Å². The third-order valence-corrected chi connectivity index (χ3v) is 4.12. The molecule has 0 heterocycles. The molecule has 0 fully saturated rings. The van der Waals surface area contributed by atoms with E-state index in [1.165, 1.54) is 0 Å². The van der Waals surface area contributed by atoms with E-state index in [1.807, 2.05) is 0 Å². The van der Waals surface area contributed by atoms with Crippen LogP contribution in [0, 0.1) is 0 Å². The SMILES string of the molecule is COC(OC)(C(=O)c1ccc(C(F)(F)F)cc1)C(=O)c1ccc(C(F)(F)F)cc1. The van der Waals surface area contributed by atoms with E-state index in [1.54, 1.807) is 0 Å². The van der Waals surface area contributed by atoms with Gasteiger partial charge in [-0.25, -0.2) is 0 Å². The molecule has 2 aromatic carbocycles. The predicted octanol–water partition coefficient (Wildman–Crippen LogP) is 4.78. The van der Waals surface area contributed by atoms with Crippen molar-refractivity contribution in [3.05, 3.63) is 70.8 Å². The summed E-state index contributed by atoms with van der Waals surface area (Å²) in [5.41, 5.74) is -2.66. The normalized spacial score (nSPS) is 12.7. The summed E-state index contributed by atoms with van der Waals surface area (Å²) in [4.78, 5) is 25.6. The molecule has 0 aliphatic carbocycles. The Kier molecular flexibility index (Phi) is 6.19. The molecular weight excluding hydrogens is 406 g/mol. The zero-order chi connectivity index (χ0) is 22.0. The van der Waals surface area contributed by atoms with Crippen molar-refractivity contribution in [2.45, 2.75) is 18.1 Å². The van der Waals surface area contributed by atoms with Crippen molar-refractivity contribution in [1.82, 2.24) is 0 Å². The fourth-order valence-corrected chi connectivity index (χ4v) is 2.56. The fourth-order valence-electron chi connectivity index (χ4n) is 2.56. The van der Waals surface area contributed by atoms with Gasteiger partial charge in [0.15, 0.2) is 0 Å². The lowest BCUT2D eigenvalue weighted by molar-refractivity contribution is -0.138. The van der Waals surface area contributed by atoms with Crippen LogP contribution in [0.2, 0.25) is 0 Å². The molecule has 0 saturated carbocycles. The Hall–Kier alpha value is -2.72. The monoisotopic (exact) mass is 420 g/mol. The third-order valence-electron chi connectivity index (χ3n) is 4.12. The minimum atomic E-state index is -4.63. The lowest BCUT2D eigenvalue weighted by Gasteiger charge is -2.28. The molecule has 0 radical (unpaired) electrons. The molecule has 0 bridgehead atoms. The molecule has 0 amide bonds. The summed E-state index contributed by atoms with van der Waals surface area (Å²) in [7, 11) is 1.90. The first kappa shape index (κ1) is 22.6. The van der Waals surface area contributed by atoms with Gasteiger partial charge < -0.3 is 9.47 Å². The molecule has 10 heteroatoms. The number of halogens is 6. The number of benzene rings is 2. The molecule has 0 saturated heterocycles. The molecule has 29 heavy (non-hydrogen) atoms. The van der Waals surface area contributed by atoms with Crippen LogP contribution in [0.5, 0.6) is 0 Å². The van der Waals surface area contributed by atoms with Gasteiger partial charge in [0.05, 0.1) is 11.1 Å².